The zero-order chi connectivity index (χ0) is 36.3. The Morgan fingerprint density at radius 2 is 0.909 bits per heavy atom. The van der Waals surface area contributed by atoms with Gasteiger partial charge < -0.3 is 13.7 Å². The van der Waals surface area contributed by atoms with E-state index in [-0.39, 0.29) is 0 Å². The first-order chi connectivity index (χ1) is 27.3. The van der Waals surface area contributed by atoms with Crippen molar-refractivity contribution >= 4 is 71.7 Å². The third-order valence-corrected chi connectivity index (χ3v) is 10.9. The molecule has 258 valence electrons. The Hall–Kier alpha value is -7.36. The van der Waals surface area contributed by atoms with Gasteiger partial charge in [0.2, 0.25) is 0 Å². The zero-order valence-corrected chi connectivity index (χ0v) is 29.8. The monoisotopic (exact) mass is 703 g/mol. The number of rotatable bonds is 6. The van der Waals surface area contributed by atoms with Gasteiger partial charge in [-0.2, -0.15) is 0 Å². The first-order valence-electron chi connectivity index (χ1n) is 18.7. The van der Waals surface area contributed by atoms with E-state index in [9.17, 15) is 0 Å². The number of hydrogen-bond acceptors (Lipinski definition) is 3. The van der Waals surface area contributed by atoms with Crippen LogP contribution in [0.2, 0.25) is 0 Å². The summed E-state index contributed by atoms with van der Waals surface area (Å²) in [6, 6.07) is 71.1. The number of fused-ring (bicyclic) bond motifs is 8. The van der Waals surface area contributed by atoms with Gasteiger partial charge in [-0.3, -0.25) is 0 Å². The molecule has 2 heterocycles. The molecular formula is C52H33NO2. The molecule has 2 aromatic heterocycles. The van der Waals surface area contributed by atoms with Gasteiger partial charge in [0, 0.05) is 43.9 Å². The second-order valence-corrected chi connectivity index (χ2v) is 14.1. The number of furan rings is 2. The largest absolute Gasteiger partial charge is 0.456 e. The van der Waals surface area contributed by atoms with Crippen LogP contribution in [-0.2, 0) is 0 Å². The second-order valence-electron chi connectivity index (χ2n) is 14.1. The van der Waals surface area contributed by atoms with Crippen molar-refractivity contribution in [3.05, 3.63) is 200 Å². The quantitative estimate of drug-likeness (QED) is 0.173. The van der Waals surface area contributed by atoms with E-state index in [4.69, 9.17) is 8.83 Å². The Morgan fingerprint density at radius 3 is 1.78 bits per heavy atom. The van der Waals surface area contributed by atoms with Gasteiger partial charge in [-0.1, -0.05) is 140 Å². The molecule has 0 aliphatic heterocycles. The number of para-hydroxylation sites is 3. The first-order valence-corrected chi connectivity index (χ1v) is 18.7. The summed E-state index contributed by atoms with van der Waals surface area (Å²) in [7, 11) is 0. The summed E-state index contributed by atoms with van der Waals surface area (Å²) in [6.07, 6.45) is 0. The standard InChI is InChI=1S/C52H33NO2/c1-2-12-34(13-3-1)35-24-28-39(29-25-35)53(40-16-10-15-37(32-40)38-27-30-49-45(33-38)42-18-5-8-22-47(42)54-49)46-21-7-4-17-41(46)43-20-11-14-36-26-31-50-52(51(36)43)44-19-6-9-23-48(44)55-50/h1-33H. The lowest BCUT2D eigenvalue weighted by molar-refractivity contribution is 0.668. The third-order valence-electron chi connectivity index (χ3n) is 10.9. The molecule has 0 atom stereocenters. The fourth-order valence-electron chi connectivity index (χ4n) is 8.30. The molecule has 0 saturated carbocycles. The van der Waals surface area contributed by atoms with E-state index in [2.05, 4.69) is 187 Å². The van der Waals surface area contributed by atoms with Crippen molar-refractivity contribution in [1.82, 2.24) is 0 Å². The summed E-state index contributed by atoms with van der Waals surface area (Å²) < 4.78 is 12.6. The smallest absolute Gasteiger partial charge is 0.136 e. The molecule has 11 aromatic rings. The highest BCUT2D eigenvalue weighted by molar-refractivity contribution is 6.23. The van der Waals surface area contributed by atoms with Gasteiger partial charge in [0.15, 0.2) is 0 Å². The maximum absolute atomic E-state index is 6.40. The summed E-state index contributed by atoms with van der Waals surface area (Å²) in [4.78, 5) is 2.39. The molecule has 0 N–H and O–H groups in total. The summed E-state index contributed by atoms with van der Waals surface area (Å²) in [5.74, 6) is 0. The minimum Gasteiger partial charge on any atom is -0.456 e. The molecule has 11 rings (SSSR count). The lowest BCUT2D eigenvalue weighted by Gasteiger charge is -2.29. The van der Waals surface area contributed by atoms with Gasteiger partial charge in [0.25, 0.3) is 0 Å². The summed E-state index contributed by atoms with van der Waals surface area (Å²) in [5, 5.41) is 6.86. The average molecular weight is 704 g/mol. The van der Waals surface area contributed by atoms with Crippen LogP contribution >= 0.6 is 0 Å². The number of nitrogens with zero attached hydrogens (tertiary/aromatic N) is 1. The Labute approximate surface area is 317 Å². The van der Waals surface area contributed by atoms with Crippen LogP contribution in [0.15, 0.2) is 209 Å². The van der Waals surface area contributed by atoms with Crippen LogP contribution in [0, 0.1) is 0 Å². The van der Waals surface area contributed by atoms with Crippen molar-refractivity contribution in [3.8, 4) is 33.4 Å². The highest BCUT2D eigenvalue weighted by atomic mass is 16.3. The van der Waals surface area contributed by atoms with Crippen molar-refractivity contribution < 1.29 is 8.83 Å². The summed E-state index contributed by atoms with van der Waals surface area (Å²) in [5.41, 5.74) is 13.7. The van der Waals surface area contributed by atoms with Crippen LogP contribution < -0.4 is 4.90 Å². The fourth-order valence-corrected chi connectivity index (χ4v) is 8.30. The van der Waals surface area contributed by atoms with Crippen molar-refractivity contribution in [1.29, 1.82) is 0 Å². The van der Waals surface area contributed by atoms with E-state index in [0.717, 1.165) is 83.2 Å². The van der Waals surface area contributed by atoms with Crippen molar-refractivity contribution in [2.45, 2.75) is 0 Å². The Kier molecular flexibility index (Phi) is 7.17. The zero-order valence-electron chi connectivity index (χ0n) is 29.8. The van der Waals surface area contributed by atoms with Crippen LogP contribution in [0.25, 0.3) is 88.0 Å². The predicted molar refractivity (Wildman–Crippen MR) is 229 cm³/mol. The predicted octanol–water partition coefficient (Wildman–Crippen LogP) is 15.1. The molecular weight excluding hydrogens is 671 g/mol. The minimum absolute atomic E-state index is 0.891. The molecule has 0 saturated heterocycles. The van der Waals surface area contributed by atoms with E-state index in [1.54, 1.807) is 0 Å². The van der Waals surface area contributed by atoms with Gasteiger partial charge in [-0.25, -0.2) is 0 Å². The first kappa shape index (κ1) is 31.2. The van der Waals surface area contributed by atoms with Crippen molar-refractivity contribution in [3.63, 3.8) is 0 Å². The highest BCUT2D eigenvalue weighted by Gasteiger charge is 2.21. The molecule has 3 nitrogen and oxygen atoms in total. The molecule has 0 fully saturated rings. The van der Waals surface area contributed by atoms with E-state index < -0.39 is 0 Å². The van der Waals surface area contributed by atoms with Crippen LogP contribution in [0.5, 0.6) is 0 Å². The molecule has 0 amide bonds. The Bertz CT molecular complexity index is 3210. The summed E-state index contributed by atoms with van der Waals surface area (Å²) in [6.45, 7) is 0. The molecule has 0 bridgehead atoms. The highest BCUT2D eigenvalue weighted by Crippen LogP contribution is 2.46. The lowest BCUT2D eigenvalue weighted by Crippen LogP contribution is -2.11. The summed E-state index contributed by atoms with van der Waals surface area (Å²) >= 11 is 0. The minimum atomic E-state index is 0.891. The molecule has 0 aliphatic carbocycles. The van der Waals surface area contributed by atoms with Gasteiger partial charge in [-0.15, -0.1) is 0 Å². The number of benzene rings is 9. The second kappa shape index (κ2) is 12.6. The number of anilines is 3. The topological polar surface area (TPSA) is 29.5 Å². The molecule has 55 heavy (non-hydrogen) atoms. The Morgan fingerprint density at radius 1 is 0.309 bits per heavy atom. The molecule has 0 aliphatic rings. The number of hydrogen-bond donors (Lipinski definition) is 0. The van der Waals surface area contributed by atoms with Crippen molar-refractivity contribution in [2.75, 3.05) is 4.90 Å². The van der Waals surface area contributed by atoms with Gasteiger partial charge in [-0.05, 0) is 93.9 Å². The van der Waals surface area contributed by atoms with Gasteiger partial charge in [0.1, 0.15) is 22.3 Å². The van der Waals surface area contributed by atoms with E-state index in [1.165, 1.54) is 21.9 Å². The lowest BCUT2D eigenvalue weighted by atomic mass is 9.93. The van der Waals surface area contributed by atoms with E-state index in [1.807, 2.05) is 18.2 Å². The van der Waals surface area contributed by atoms with Crippen LogP contribution in [-0.4, -0.2) is 0 Å². The van der Waals surface area contributed by atoms with E-state index >= 15 is 0 Å². The van der Waals surface area contributed by atoms with Crippen LogP contribution in [0.1, 0.15) is 0 Å². The average Bonchev–Trinajstić information content (AvgIpc) is 3.83. The van der Waals surface area contributed by atoms with Crippen molar-refractivity contribution in [2.24, 2.45) is 0 Å². The maximum Gasteiger partial charge on any atom is 0.136 e. The fraction of sp³-hybridized carbons (Fsp3) is 0. The van der Waals surface area contributed by atoms with E-state index in [0.29, 0.717) is 0 Å². The molecule has 0 unspecified atom stereocenters. The Balaban J connectivity index is 1.12. The molecule has 0 spiro atoms. The van der Waals surface area contributed by atoms with Gasteiger partial charge >= 0.3 is 0 Å². The molecule has 9 aromatic carbocycles. The maximum atomic E-state index is 6.40. The normalized spacial score (nSPS) is 11.6. The third kappa shape index (κ3) is 5.20. The van der Waals surface area contributed by atoms with Crippen LogP contribution in [0.3, 0.4) is 0 Å². The van der Waals surface area contributed by atoms with Gasteiger partial charge in [0.05, 0.1) is 5.69 Å². The molecule has 3 heteroatoms. The SMILES string of the molecule is c1ccc(-c2ccc(N(c3cccc(-c4ccc5oc6ccccc6c5c4)c3)c3ccccc3-c3cccc4ccc5oc6ccccc6c5c34)cc2)cc1. The van der Waals surface area contributed by atoms with Crippen LogP contribution in [0.4, 0.5) is 17.1 Å². The molecule has 0 radical (unpaired) electrons.